The van der Waals surface area contributed by atoms with Crippen LogP contribution in [0.3, 0.4) is 0 Å². The molecule has 0 saturated carbocycles. The molecule has 0 bridgehead atoms. The summed E-state index contributed by atoms with van der Waals surface area (Å²) in [6.45, 7) is 2.46. The summed E-state index contributed by atoms with van der Waals surface area (Å²) in [4.78, 5) is 23.7. The molecule has 1 atom stereocenters. The second-order valence-electron chi connectivity index (χ2n) is 5.43. The molecule has 1 heterocycles. The lowest BCUT2D eigenvalue weighted by atomic mass is 10.1. The van der Waals surface area contributed by atoms with Crippen LogP contribution in [0.5, 0.6) is 5.75 Å². The molecular weight excluding hydrogens is 318 g/mol. The molecule has 0 aliphatic heterocycles. The van der Waals surface area contributed by atoms with Gasteiger partial charge in [-0.3, -0.25) is 9.59 Å². The Morgan fingerprint density at radius 3 is 2.64 bits per heavy atom. The van der Waals surface area contributed by atoms with Gasteiger partial charge in [-0.05, 0) is 30.2 Å². The van der Waals surface area contributed by atoms with E-state index in [1.807, 2.05) is 19.1 Å². The molecule has 25 heavy (non-hydrogen) atoms. The van der Waals surface area contributed by atoms with E-state index in [0.717, 1.165) is 5.56 Å². The van der Waals surface area contributed by atoms with Crippen LogP contribution < -0.4 is 10.3 Å². The van der Waals surface area contributed by atoms with E-state index >= 15 is 0 Å². The Bertz CT molecular complexity index is 786. The summed E-state index contributed by atoms with van der Waals surface area (Å²) in [7, 11) is 0. The van der Waals surface area contributed by atoms with Gasteiger partial charge in [-0.25, -0.2) is 0 Å². The van der Waals surface area contributed by atoms with Crippen molar-refractivity contribution < 1.29 is 14.3 Å². The first-order valence-corrected chi connectivity index (χ1v) is 8.15. The topological polar surface area (TPSA) is 57.5 Å². The van der Waals surface area contributed by atoms with Crippen LogP contribution in [0.25, 0.3) is 0 Å². The van der Waals surface area contributed by atoms with Crippen molar-refractivity contribution in [2.75, 3.05) is 6.61 Å². The molecule has 1 aromatic heterocycles. The smallest absolute Gasteiger partial charge is 0.308 e. The molecule has 0 unspecified atom stereocenters. The SMILES string of the molecule is C#CCOc1ccc([C@H](CC)OC(=O)CCn2ccccc2=O)cc1. The predicted octanol–water partition coefficient (Wildman–Crippen LogP) is 2.94. The zero-order valence-electron chi connectivity index (χ0n) is 14.2. The second kappa shape index (κ2) is 9.33. The number of benzene rings is 1. The molecule has 0 spiro atoms. The standard InChI is InChI=1S/C20H21NO4/c1-3-15-24-17-10-8-16(9-11-17)18(4-2)25-20(23)12-14-21-13-6-5-7-19(21)22/h1,5-11,13,18H,4,12,14-15H2,2H3/t18-/m0/s1. The van der Waals surface area contributed by atoms with Crippen LogP contribution in [0.4, 0.5) is 0 Å². The Hall–Kier alpha value is -3.00. The highest BCUT2D eigenvalue weighted by molar-refractivity contribution is 5.69. The molecule has 2 rings (SSSR count). The molecule has 130 valence electrons. The fourth-order valence-corrected chi connectivity index (χ4v) is 2.37. The molecule has 0 amide bonds. The summed E-state index contributed by atoms with van der Waals surface area (Å²) < 4.78 is 12.4. The minimum atomic E-state index is -0.338. The van der Waals surface area contributed by atoms with E-state index in [0.29, 0.717) is 18.7 Å². The highest BCUT2D eigenvalue weighted by atomic mass is 16.5. The lowest BCUT2D eigenvalue weighted by molar-refractivity contribution is -0.150. The minimum absolute atomic E-state index is 0.134. The summed E-state index contributed by atoms with van der Waals surface area (Å²) >= 11 is 0. The highest BCUT2D eigenvalue weighted by Crippen LogP contribution is 2.24. The molecule has 0 N–H and O–H groups in total. The van der Waals surface area contributed by atoms with E-state index in [4.69, 9.17) is 15.9 Å². The van der Waals surface area contributed by atoms with Gasteiger partial charge in [0.25, 0.3) is 5.56 Å². The van der Waals surface area contributed by atoms with Gasteiger partial charge >= 0.3 is 5.97 Å². The monoisotopic (exact) mass is 339 g/mol. The van der Waals surface area contributed by atoms with Crippen LogP contribution in [-0.4, -0.2) is 17.1 Å². The lowest BCUT2D eigenvalue weighted by Crippen LogP contribution is -2.20. The molecule has 1 aromatic carbocycles. The first-order valence-electron chi connectivity index (χ1n) is 8.15. The van der Waals surface area contributed by atoms with Crippen molar-refractivity contribution >= 4 is 5.97 Å². The second-order valence-corrected chi connectivity index (χ2v) is 5.43. The van der Waals surface area contributed by atoms with E-state index in [9.17, 15) is 9.59 Å². The van der Waals surface area contributed by atoms with Crippen molar-refractivity contribution in [3.8, 4) is 18.1 Å². The van der Waals surface area contributed by atoms with Crippen molar-refractivity contribution in [2.24, 2.45) is 0 Å². The zero-order valence-corrected chi connectivity index (χ0v) is 14.2. The third kappa shape index (κ3) is 5.54. The van der Waals surface area contributed by atoms with Crippen molar-refractivity contribution in [2.45, 2.75) is 32.4 Å². The number of hydrogen-bond donors (Lipinski definition) is 0. The molecule has 0 saturated heterocycles. The molecule has 0 fully saturated rings. The fraction of sp³-hybridized carbons (Fsp3) is 0.300. The number of carbonyl (C=O) groups is 1. The molecule has 5 nitrogen and oxygen atoms in total. The van der Waals surface area contributed by atoms with E-state index in [-0.39, 0.29) is 30.7 Å². The van der Waals surface area contributed by atoms with Gasteiger partial charge in [0.2, 0.25) is 0 Å². The van der Waals surface area contributed by atoms with Gasteiger partial charge < -0.3 is 14.0 Å². The minimum Gasteiger partial charge on any atom is -0.481 e. The number of aromatic nitrogens is 1. The maximum Gasteiger partial charge on any atom is 0.308 e. The molecule has 0 radical (unpaired) electrons. The van der Waals surface area contributed by atoms with Crippen LogP contribution in [0.1, 0.15) is 31.4 Å². The number of terminal acetylenes is 1. The summed E-state index contributed by atoms with van der Waals surface area (Å²) in [5.41, 5.74) is 0.755. The van der Waals surface area contributed by atoms with Crippen LogP contribution >= 0.6 is 0 Å². The Morgan fingerprint density at radius 2 is 2.00 bits per heavy atom. The lowest BCUT2D eigenvalue weighted by Gasteiger charge is -2.17. The Morgan fingerprint density at radius 1 is 1.24 bits per heavy atom. The first kappa shape index (κ1) is 18.3. The zero-order chi connectivity index (χ0) is 18.1. The number of rotatable bonds is 8. The number of aryl methyl sites for hydroxylation is 1. The maximum absolute atomic E-state index is 12.1. The van der Waals surface area contributed by atoms with E-state index in [1.54, 1.807) is 30.5 Å². The third-order valence-electron chi connectivity index (χ3n) is 3.67. The van der Waals surface area contributed by atoms with Crippen LogP contribution in [0.15, 0.2) is 53.5 Å². The number of pyridine rings is 1. The normalized spacial score (nSPS) is 11.4. The van der Waals surface area contributed by atoms with E-state index in [1.165, 1.54) is 10.6 Å². The number of carbonyl (C=O) groups excluding carboxylic acids is 1. The van der Waals surface area contributed by atoms with Crippen molar-refractivity contribution in [3.05, 3.63) is 64.6 Å². The summed E-state index contributed by atoms with van der Waals surface area (Å²) in [5, 5.41) is 0. The number of hydrogen-bond acceptors (Lipinski definition) is 4. The fourth-order valence-electron chi connectivity index (χ4n) is 2.37. The molecular formula is C20H21NO4. The van der Waals surface area contributed by atoms with E-state index < -0.39 is 0 Å². The summed E-state index contributed by atoms with van der Waals surface area (Å²) in [6, 6.07) is 12.2. The van der Waals surface area contributed by atoms with Gasteiger partial charge in [0.15, 0.2) is 0 Å². The Balaban J connectivity index is 1.92. The van der Waals surface area contributed by atoms with Crippen molar-refractivity contribution in [1.29, 1.82) is 0 Å². The summed E-state index contributed by atoms with van der Waals surface area (Å²) in [5.74, 6) is 2.74. The van der Waals surface area contributed by atoms with Gasteiger partial charge in [0.1, 0.15) is 18.5 Å². The van der Waals surface area contributed by atoms with Gasteiger partial charge in [-0.2, -0.15) is 0 Å². The first-order chi connectivity index (χ1) is 12.1. The quantitative estimate of drug-likeness (QED) is 0.548. The van der Waals surface area contributed by atoms with Crippen LogP contribution in [-0.2, 0) is 16.1 Å². The van der Waals surface area contributed by atoms with Crippen molar-refractivity contribution in [1.82, 2.24) is 4.57 Å². The van der Waals surface area contributed by atoms with Crippen LogP contribution in [0, 0.1) is 12.3 Å². The Kier molecular flexibility index (Phi) is 6.85. The van der Waals surface area contributed by atoms with Gasteiger partial charge in [-0.1, -0.05) is 31.0 Å². The predicted molar refractivity (Wildman–Crippen MR) is 95.2 cm³/mol. The van der Waals surface area contributed by atoms with Crippen molar-refractivity contribution in [3.63, 3.8) is 0 Å². The average Bonchev–Trinajstić information content (AvgIpc) is 2.64. The third-order valence-corrected chi connectivity index (χ3v) is 3.67. The van der Waals surface area contributed by atoms with E-state index in [2.05, 4.69) is 5.92 Å². The van der Waals surface area contributed by atoms with Gasteiger partial charge in [0.05, 0.1) is 6.42 Å². The number of esters is 1. The molecule has 0 aliphatic carbocycles. The average molecular weight is 339 g/mol. The highest BCUT2D eigenvalue weighted by Gasteiger charge is 2.15. The van der Waals surface area contributed by atoms with Gasteiger partial charge in [0, 0.05) is 18.8 Å². The van der Waals surface area contributed by atoms with Gasteiger partial charge in [-0.15, -0.1) is 6.42 Å². The largest absolute Gasteiger partial charge is 0.481 e. The molecule has 2 aromatic rings. The maximum atomic E-state index is 12.1. The number of ether oxygens (including phenoxy) is 2. The Labute approximate surface area is 147 Å². The molecule has 0 aliphatic rings. The summed E-state index contributed by atoms with van der Waals surface area (Å²) in [6.07, 6.45) is 7.28. The van der Waals surface area contributed by atoms with Crippen LogP contribution in [0.2, 0.25) is 0 Å². The molecule has 5 heteroatoms. The number of nitrogens with zero attached hydrogens (tertiary/aromatic N) is 1.